The SMILES string of the molecule is O=CC12CCC(OCc3c(-c4c(Cl)cncc4Cl)noc3C3CC3)(CC1)CC2. The van der Waals surface area contributed by atoms with Crippen LogP contribution in [0.4, 0.5) is 0 Å². The van der Waals surface area contributed by atoms with Gasteiger partial charge >= 0.3 is 0 Å². The quantitative estimate of drug-likeness (QED) is 0.558. The lowest BCUT2D eigenvalue weighted by Gasteiger charge is -2.50. The first-order valence-corrected chi connectivity index (χ1v) is 10.7. The predicted molar refractivity (Wildman–Crippen MR) is 105 cm³/mol. The second-order valence-corrected chi connectivity index (χ2v) is 9.39. The van der Waals surface area contributed by atoms with Crippen LogP contribution in [0.5, 0.6) is 0 Å². The average Bonchev–Trinajstić information content (AvgIpc) is 3.48. The number of hydrogen-bond donors (Lipinski definition) is 0. The van der Waals surface area contributed by atoms with Crippen molar-refractivity contribution in [2.75, 3.05) is 0 Å². The lowest BCUT2D eigenvalue weighted by molar-refractivity contribution is -0.152. The van der Waals surface area contributed by atoms with Crippen molar-refractivity contribution < 1.29 is 14.1 Å². The molecule has 2 aromatic heterocycles. The summed E-state index contributed by atoms with van der Waals surface area (Å²) < 4.78 is 12.3. The number of aldehydes is 1. The molecule has 2 heterocycles. The molecule has 0 amide bonds. The number of fused-ring (bicyclic) bond motifs is 3. The van der Waals surface area contributed by atoms with E-state index in [4.69, 9.17) is 32.5 Å². The molecule has 148 valence electrons. The van der Waals surface area contributed by atoms with Crippen LogP contribution < -0.4 is 0 Å². The van der Waals surface area contributed by atoms with Crippen LogP contribution in [-0.4, -0.2) is 22.0 Å². The van der Waals surface area contributed by atoms with E-state index >= 15 is 0 Å². The Morgan fingerprint density at radius 3 is 2.32 bits per heavy atom. The van der Waals surface area contributed by atoms with Gasteiger partial charge in [-0.1, -0.05) is 28.4 Å². The Hall–Kier alpha value is -1.43. The summed E-state index contributed by atoms with van der Waals surface area (Å²) in [4.78, 5) is 15.5. The van der Waals surface area contributed by atoms with Crippen molar-refractivity contribution >= 4 is 29.5 Å². The summed E-state index contributed by atoms with van der Waals surface area (Å²) in [5, 5.41) is 5.22. The molecule has 0 atom stereocenters. The molecule has 2 bridgehead atoms. The van der Waals surface area contributed by atoms with Gasteiger partial charge in [-0.25, -0.2) is 0 Å². The first-order chi connectivity index (χ1) is 13.5. The van der Waals surface area contributed by atoms with Crippen LogP contribution in [0.15, 0.2) is 16.9 Å². The van der Waals surface area contributed by atoms with Crippen molar-refractivity contribution in [2.24, 2.45) is 5.41 Å². The molecule has 28 heavy (non-hydrogen) atoms. The molecule has 0 aliphatic heterocycles. The number of pyridine rings is 1. The standard InChI is InChI=1S/C21H22Cl2N2O3/c22-15-9-24-10-16(23)17(15)18-14(19(28-25-18)13-1-2-13)11-27-21-6-3-20(12-26,4-7-21)5-8-21/h9-10,12-13H,1-8,11H2. The molecule has 6 rings (SSSR count). The lowest BCUT2D eigenvalue weighted by Crippen LogP contribution is -2.48. The zero-order chi connectivity index (χ0) is 19.4. The van der Waals surface area contributed by atoms with Gasteiger partial charge in [0.2, 0.25) is 0 Å². The van der Waals surface area contributed by atoms with E-state index in [-0.39, 0.29) is 11.0 Å². The Bertz CT molecular complexity index is 878. The third kappa shape index (κ3) is 3.08. The van der Waals surface area contributed by atoms with Crippen LogP contribution >= 0.6 is 23.2 Å². The zero-order valence-electron chi connectivity index (χ0n) is 15.5. The summed E-state index contributed by atoms with van der Waals surface area (Å²) >= 11 is 12.8. The topological polar surface area (TPSA) is 65.2 Å². The van der Waals surface area contributed by atoms with Gasteiger partial charge < -0.3 is 14.1 Å². The summed E-state index contributed by atoms with van der Waals surface area (Å²) in [6.07, 6.45) is 12.1. The Morgan fingerprint density at radius 1 is 1.11 bits per heavy atom. The molecule has 0 radical (unpaired) electrons. The number of halogens is 2. The molecule has 4 fully saturated rings. The third-order valence-corrected chi connectivity index (χ3v) is 7.44. The zero-order valence-corrected chi connectivity index (χ0v) is 17.1. The second kappa shape index (κ2) is 6.82. The number of ether oxygens (including phenoxy) is 1. The van der Waals surface area contributed by atoms with E-state index in [2.05, 4.69) is 10.1 Å². The van der Waals surface area contributed by atoms with Crippen molar-refractivity contribution in [1.82, 2.24) is 10.1 Å². The number of carbonyl (C=O) groups is 1. The fraction of sp³-hybridized carbons (Fsp3) is 0.571. The molecule has 0 spiro atoms. The molecule has 2 aromatic rings. The molecule has 0 unspecified atom stereocenters. The highest BCUT2D eigenvalue weighted by atomic mass is 35.5. The van der Waals surface area contributed by atoms with Crippen LogP contribution in [0, 0.1) is 5.41 Å². The maximum atomic E-state index is 11.5. The van der Waals surface area contributed by atoms with Gasteiger partial charge in [-0.05, 0) is 51.4 Å². The number of nitrogens with zero attached hydrogens (tertiary/aromatic N) is 2. The first kappa shape index (κ1) is 18.6. The Labute approximate surface area is 173 Å². The van der Waals surface area contributed by atoms with Crippen LogP contribution in [0.2, 0.25) is 10.0 Å². The summed E-state index contributed by atoms with van der Waals surface area (Å²) in [6.45, 7) is 0.424. The van der Waals surface area contributed by atoms with E-state index in [1.54, 1.807) is 12.4 Å². The fourth-order valence-electron chi connectivity index (χ4n) is 4.76. The molecule has 0 aromatic carbocycles. The largest absolute Gasteiger partial charge is 0.370 e. The van der Waals surface area contributed by atoms with Crippen LogP contribution in [0.3, 0.4) is 0 Å². The molecular weight excluding hydrogens is 399 g/mol. The Kier molecular flexibility index (Phi) is 4.53. The molecule has 4 aliphatic rings. The van der Waals surface area contributed by atoms with Gasteiger partial charge in [0.1, 0.15) is 17.7 Å². The summed E-state index contributed by atoms with van der Waals surface area (Å²) in [5.74, 6) is 1.29. The average molecular weight is 421 g/mol. The summed E-state index contributed by atoms with van der Waals surface area (Å²) in [6, 6.07) is 0. The number of aromatic nitrogens is 2. The van der Waals surface area contributed by atoms with E-state index in [0.29, 0.717) is 33.8 Å². The van der Waals surface area contributed by atoms with E-state index < -0.39 is 0 Å². The number of carbonyl (C=O) groups excluding carboxylic acids is 1. The molecule has 5 nitrogen and oxygen atoms in total. The number of rotatable bonds is 6. The normalized spacial score (nSPS) is 29.2. The number of hydrogen-bond acceptors (Lipinski definition) is 5. The monoisotopic (exact) mass is 420 g/mol. The first-order valence-electron chi connectivity index (χ1n) is 9.93. The van der Waals surface area contributed by atoms with Crippen LogP contribution in [-0.2, 0) is 16.1 Å². The minimum atomic E-state index is -0.147. The lowest BCUT2D eigenvalue weighted by atomic mass is 9.59. The highest BCUT2D eigenvalue weighted by molar-refractivity contribution is 6.38. The van der Waals surface area contributed by atoms with Gasteiger partial charge in [-0.15, -0.1) is 0 Å². The third-order valence-electron chi connectivity index (χ3n) is 6.87. The summed E-state index contributed by atoms with van der Waals surface area (Å²) in [5.41, 5.74) is 2.00. The van der Waals surface area contributed by atoms with Gasteiger partial charge in [-0.3, -0.25) is 4.98 Å². The van der Waals surface area contributed by atoms with Gasteiger partial charge in [0.15, 0.2) is 0 Å². The Morgan fingerprint density at radius 2 is 1.75 bits per heavy atom. The summed E-state index contributed by atoms with van der Waals surface area (Å²) in [7, 11) is 0. The maximum Gasteiger partial charge on any atom is 0.145 e. The van der Waals surface area contributed by atoms with Crippen molar-refractivity contribution in [1.29, 1.82) is 0 Å². The van der Waals surface area contributed by atoms with Crippen LogP contribution in [0.25, 0.3) is 11.3 Å². The van der Waals surface area contributed by atoms with E-state index in [1.165, 1.54) is 6.29 Å². The predicted octanol–water partition coefficient (Wildman–Crippen LogP) is 5.73. The van der Waals surface area contributed by atoms with Gasteiger partial charge in [-0.2, -0.15) is 0 Å². The van der Waals surface area contributed by atoms with Gasteiger partial charge in [0.05, 0.1) is 22.3 Å². The maximum absolute atomic E-state index is 11.5. The fourth-order valence-corrected chi connectivity index (χ4v) is 5.30. The minimum Gasteiger partial charge on any atom is -0.370 e. The van der Waals surface area contributed by atoms with Crippen LogP contribution in [0.1, 0.15) is 68.6 Å². The van der Waals surface area contributed by atoms with Gasteiger partial charge in [0, 0.05) is 34.9 Å². The molecule has 7 heteroatoms. The Balaban J connectivity index is 1.44. The molecule has 4 saturated carbocycles. The van der Waals surface area contributed by atoms with Gasteiger partial charge in [0.25, 0.3) is 0 Å². The van der Waals surface area contributed by atoms with E-state index in [0.717, 1.165) is 62.7 Å². The van der Waals surface area contributed by atoms with E-state index in [1.807, 2.05) is 0 Å². The van der Waals surface area contributed by atoms with Crippen molar-refractivity contribution in [3.8, 4) is 11.3 Å². The van der Waals surface area contributed by atoms with Crippen molar-refractivity contribution in [3.05, 3.63) is 33.8 Å². The molecule has 0 N–H and O–H groups in total. The highest BCUT2D eigenvalue weighted by Gasteiger charge is 2.49. The second-order valence-electron chi connectivity index (χ2n) is 8.58. The van der Waals surface area contributed by atoms with Crippen molar-refractivity contribution in [2.45, 2.75) is 69.5 Å². The van der Waals surface area contributed by atoms with Crippen molar-refractivity contribution in [3.63, 3.8) is 0 Å². The molecule has 0 saturated heterocycles. The molecular formula is C21H22Cl2N2O3. The van der Waals surface area contributed by atoms with E-state index in [9.17, 15) is 4.79 Å². The smallest absolute Gasteiger partial charge is 0.145 e. The minimum absolute atomic E-state index is 0.106. The highest BCUT2D eigenvalue weighted by Crippen LogP contribution is 2.53. The molecule has 4 aliphatic carbocycles.